The number of hydrogen-bond donors (Lipinski definition) is 4. The summed E-state index contributed by atoms with van der Waals surface area (Å²) in [4.78, 5) is 21.8. The molecule has 0 fully saturated rings. The second-order valence-electron chi connectivity index (χ2n) is 4.33. The summed E-state index contributed by atoms with van der Waals surface area (Å²) in [7, 11) is 0. The lowest BCUT2D eigenvalue weighted by Gasteiger charge is -2.08. The summed E-state index contributed by atoms with van der Waals surface area (Å²) in [5, 5.41) is 11.1. The number of nitrogens with two attached hydrogens (primary N) is 2. The summed E-state index contributed by atoms with van der Waals surface area (Å²) in [6.07, 6.45) is 0.226. The van der Waals surface area contributed by atoms with Gasteiger partial charge in [0.25, 0.3) is 0 Å². The number of aliphatic carboxylic acids is 1. The molecule has 0 radical (unpaired) electrons. The van der Waals surface area contributed by atoms with Gasteiger partial charge in [-0.05, 0) is 30.5 Å². The van der Waals surface area contributed by atoms with E-state index >= 15 is 0 Å². The minimum Gasteiger partial charge on any atom is -0.480 e. The van der Waals surface area contributed by atoms with E-state index in [1.165, 1.54) is 0 Å². The molecule has 0 saturated heterocycles. The average molecular weight is 281 g/mol. The Morgan fingerprint density at radius 2 is 1.95 bits per heavy atom. The van der Waals surface area contributed by atoms with Gasteiger partial charge in [0.05, 0.1) is 0 Å². The number of alkyl carbamates (subject to hydrolysis) is 1. The number of nitrogen functional groups attached to an aromatic ring is 1. The molecule has 1 aromatic carbocycles. The van der Waals surface area contributed by atoms with Crippen LogP contribution in [0.25, 0.3) is 0 Å². The highest BCUT2D eigenvalue weighted by Crippen LogP contribution is 2.06. The average Bonchev–Trinajstić information content (AvgIpc) is 2.42. The van der Waals surface area contributed by atoms with E-state index in [0.717, 1.165) is 5.56 Å². The molecule has 0 heterocycles. The number of rotatable bonds is 7. The van der Waals surface area contributed by atoms with Crippen LogP contribution in [0.1, 0.15) is 18.4 Å². The Morgan fingerprint density at radius 1 is 1.30 bits per heavy atom. The number of carbonyl (C=O) groups is 2. The lowest BCUT2D eigenvalue weighted by atomic mass is 10.2. The van der Waals surface area contributed by atoms with Crippen molar-refractivity contribution in [3.8, 4) is 0 Å². The maximum atomic E-state index is 11.4. The number of amides is 1. The lowest BCUT2D eigenvalue weighted by Crippen LogP contribution is -2.32. The molecule has 0 saturated carbocycles. The molecule has 20 heavy (non-hydrogen) atoms. The van der Waals surface area contributed by atoms with E-state index in [1.807, 2.05) is 0 Å². The van der Waals surface area contributed by atoms with Crippen molar-refractivity contribution in [2.75, 3.05) is 12.3 Å². The van der Waals surface area contributed by atoms with Crippen LogP contribution in [0.3, 0.4) is 0 Å². The van der Waals surface area contributed by atoms with Gasteiger partial charge in [-0.15, -0.1) is 0 Å². The van der Waals surface area contributed by atoms with Gasteiger partial charge in [0.15, 0.2) is 0 Å². The van der Waals surface area contributed by atoms with Crippen molar-refractivity contribution in [1.82, 2.24) is 5.32 Å². The van der Waals surface area contributed by atoms with Gasteiger partial charge in [0, 0.05) is 12.2 Å². The van der Waals surface area contributed by atoms with Gasteiger partial charge in [-0.1, -0.05) is 12.1 Å². The molecule has 6 N–H and O–H groups in total. The van der Waals surface area contributed by atoms with E-state index < -0.39 is 18.1 Å². The molecule has 0 aliphatic carbocycles. The summed E-state index contributed by atoms with van der Waals surface area (Å²) in [5.41, 5.74) is 12.3. The maximum absolute atomic E-state index is 11.4. The molecule has 1 amide bonds. The predicted molar refractivity (Wildman–Crippen MR) is 73.9 cm³/mol. The van der Waals surface area contributed by atoms with Crippen molar-refractivity contribution in [3.63, 3.8) is 0 Å². The first-order valence-electron chi connectivity index (χ1n) is 6.22. The Morgan fingerprint density at radius 3 is 2.55 bits per heavy atom. The molecule has 0 spiro atoms. The van der Waals surface area contributed by atoms with Crippen LogP contribution in [0.5, 0.6) is 0 Å². The molecular formula is C13H19N3O4. The van der Waals surface area contributed by atoms with Crippen molar-refractivity contribution in [2.45, 2.75) is 25.5 Å². The van der Waals surface area contributed by atoms with E-state index in [4.69, 9.17) is 21.3 Å². The van der Waals surface area contributed by atoms with E-state index in [1.54, 1.807) is 24.3 Å². The van der Waals surface area contributed by atoms with Crippen molar-refractivity contribution in [1.29, 1.82) is 0 Å². The molecule has 1 unspecified atom stereocenters. The van der Waals surface area contributed by atoms with Crippen LogP contribution in [0.2, 0.25) is 0 Å². The van der Waals surface area contributed by atoms with Crippen LogP contribution in [0.15, 0.2) is 24.3 Å². The number of ether oxygens (including phenoxy) is 1. The third-order valence-corrected chi connectivity index (χ3v) is 2.63. The highest BCUT2D eigenvalue weighted by molar-refractivity contribution is 5.73. The maximum Gasteiger partial charge on any atom is 0.407 e. The number of hydrogen-bond acceptors (Lipinski definition) is 5. The highest BCUT2D eigenvalue weighted by atomic mass is 16.5. The fourth-order valence-corrected chi connectivity index (χ4v) is 1.45. The van der Waals surface area contributed by atoms with Gasteiger partial charge in [0.2, 0.25) is 0 Å². The van der Waals surface area contributed by atoms with E-state index in [0.29, 0.717) is 25.1 Å². The first-order chi connectivity index (χ1) is 9.49. The van der Waals surface area contributed by atoms with E-state index in [9.17, 15) is 9.59 Å². The molecule has 0 aromatic heterocycles. The standard InChI is InChI=1S/C13H19N3O4/c14-10-5-3-9(4-6-10)8-20-13(19)16-7-1-2-11(15)12(17)18/h3-6,11H,1-2,7-8,14-15H2,(H,16,19)(H,17,18). The van der Waals surface area contributed by atoms with Crippen molar-refractivity contribution in [3.05, 3.63) is 29.8 Å². The smallest absolute Gasteiger partial charge is 0.407 e. The lowest BCUT2D eigenvalue weighted by molar-refractivity contribution is -0.138. The Labute approximate surface area is 116 Å². The molecular weight excluding hydrogens is 262 g/mol. The summed E-state index contributed by atoms with van der Waals surface area (Å²) in [6, 6.07) is 6.10. The van der Waals surface area contributed by atoms with Crippen molar-refractivity contribution < 1.29 is 19.4 Å². The van der Waals surface area contributed by atoms with E-state index in [-0.39, 0.29) is 6.61 Å². The quantitative estimate of drug-likeness (QED) is 0.430. The number of nitrogens with one attached hydrogen (secondary N) is 1. The van der Waals surface area contributed by atoms with Gasteiger partial charge >= 0.3 is 12.1 Å². The zero-order valence-corrected chi connectivity index (χ0v) is 11.0. The second-order valence-corrected chi connectivity index (χ2v) is 4.33. The summed E-state index contributed by atoms with van der Waals surface area (Å²) < 4.78 is 4.98. The number of carboxylic acids is 1. The molecule has 0 aliphatic rings. The normalized spacial score (nSPS) is 11.7. The molecule has 7 nitrogen and oxygen atoms in total. The largest absolute Gasteiger partial charge is 0.480 e. The summed E-state index contributed by atoms with van der Waals surface area (Å²) in [5.74, 6) is -1.05. The number of carboxylic acid groups (broad SMARTS) is 1. The minimum atomic E-state index is -1.05. The monoisotopic (exact) mass is 281 g/mol. The van der Waals surface area contributed by atoms with Crippen molar-refractivity contribution in [2.24, 2.45) is 5.73 Å². The Kier molecular flexibility index (Phi) is 6.31. The van der Waals surface area contributed by atoms with Gasteiger partial charge in [-0.3, -0.25) is 4.79 Å². The van der Waals surface area contributed by atoms with Crippen LogP contribution < -0.4 is 16.8 Å². The Balaban J connectivity index is 2.14. The Bertz CT molecular complexity index is 447. The topological polar surface area (TPSA) is 128 Å². The summed E-state index contributed by atoms with van der Waals surface area (Å²) >= 11 is 0. The first-order valence-corrected chi connectivity index (χ1v) is 6.22. The SMILES string of the molecule is Nc1ccc(COC(=O)NCCCC(N)C(=O)O)cc1. The molecule has 1 atom stereocenters. The zero-order valence-electron chi connectivity index (χ0n) is 11.0. The van der Waals surface area contributed by atoms with Gasteiger partial charge in [-0.2, -0.15) is 0 Å². The van der Waals surface area contributed by atoms with Crippen LogP contribution >= 0.6 is 0 Å². The Hall–Kier alpha value is -2.28. The first kappa shape index (κ1) is 15.8. The summed E-state index contributed by atoms with van der Waals surface area (Å²) in [6.45, 7) is 0.475. The third kappa shape index (κ3) is 6.05. The number of benzene rings is 1. The fraction of sp³-hybridized carbons (Fsp3) is 0.385. The third-order valence-electron chi connectivity index (χ3n) is 2.63. The van der Waals surface area contributed by atoms with Crippen LogP contribution in [0.4, 0.5) is 10.5 Å². The minimum absolute atomic E-state index is 0.154. The van der Waals surface area contributed by atoms with E-state index in [2.05, 4.69) is 5.32 Å². The molecule has 1 aromatic rings. The number of carbonyl (C=O) groups excluding carboxylic acids is 1. The second kappa shape index (κ2) is 8.00. The van der Waals surface area contributed by atoms with Crippen molar-refractivity contribution >= 4 is 17.7 Å². The van der Waals surface area contributed by atoms with Gasteiger partial charge < -0.3 is 26.6 Å². The molecule has 0 bridgehead atoms. The highest BCUT2D eigenvalue weighted by Gasteiger charge is 2.10. The van der Waals surface area contributed by atoms with Crippen LogP contribution in [-0.4, -0.2) is 29.8 Å². The molecule has 1 rings (SSSR count). The molecule has 110 valence electrons. The predicted octanol–water partition coefficient (Wildman–Crippen LogP) is 0.687. The number of anilines is 1. The molecule has 0 aliphatic heterocycles. The van der Waals surface area contributed by atoms with Gasteiger partial charge in [0.1, 0.15) is 12.6 Å². The van der Waals surface area contributed by atoms with Crippen LogP contribution in [-0.2, 0) is 16.1 Å². The van der Waals surface area contributed by atoms with Gasteiger partial charge in [-0.25, -0.2) is 4.79 Å². The van der Waals surface area contributed by atoms with Crippen LogP contribution in [0, 0.1) is 0 Å². The fourth-order valence-electron chi connectivity index (χ4n) is 1.45. The molecule has 7 heteroatoms. The zero-order chi connectivity index (χ0) is 15.0.